The molecule has 6 nitrogen and oxygen atoms in total. The van der Waals surface area contributed by atoms with E-state index in [0.29, 0.717) is 6.61 Å². The number of hydrogen-bond acceptors (Lipinski definition) is 5. The fourth-order valence-corrected chi connectivity index (χ4v) is 4.26. The highest BCUT2D eigenvalue weighted by molar-refractivity contribution is 6.74. The number of carbonyl (C=O) groups is 2. The van der Waals surface area contributed by atoms with Crippen LogP contribution in [-0.2, 0) is 18.7 Å². The van der Waals surface area contributed by atoms with Gasteiger partial charge in [0.25, 0.3) is 0 Å². The molecule has 29 heavy (non-hydrogen) atoms. The molecule has 2 atom stereocenters. The topological polar surface area (TPSA) is 73.9 Å². The van der Waals surface area contributed by atoms with Gasteiger partial charge >= 0.3 is 12.1 Å². The van der Waals surface area contributed by atoms with Gasteiger partial charge in [0.2, 0.25) is 0 Å². The van der Waals surface area contributed by atoms with E-state index in [1.54, 1.807) is 20.8 Å². The standard InChI is InChI=1S/C22H43NO5Si/c1-18(2,3)27-16(24)22(23-17(25)28-19(4,5)6)15(21(22,10)11)14-26-29(12,13)20(7,8)9/h15H,14H2,1-13H3,(H,23,25)/t15-,22+/m0/s1. The van der Waals surface area contributed by atoms with Crippen molar-refractivity contribution in [1.82, 2.24) is 5.32 Å². The maximum atomic E-state index is 13.3. The minimum Gasteiger partial charge on any atom is -0.458 e. The maximum Gasteiger partial charge on any atom is 0.408 e. The highest BCUT2D eigenvalue weighted by Gasteiger charge is 2.78. The minimum atomic E-state index is -2.01. The van der Waals surface area contributed by atoms with Crippen LogP contribution < -0.4 is 5.32 Å². The van der Waals surface area contributed by atoms with E-state index in [4.69, 9.17) is 13.9 Å². The van der Waals surface area contributed by atoms with E-state index in [1.807, 2.05) is 34.6 Å². The van der Waals surface area contributed by atoms with Crippen molar-refractivity contribution in [3.8, 4) is 0 Å². The number of alkyl carbamates (subject to hydrolysis) is 1. The molecular weight excluding hydrogens is 386 g/mol. The summed E-state index contributed by atoms with van der Waals surface area (Å²) in [6.07, 6.45) is -0.619. The molecule has 0 radical (unpaired) electrons. The molecule has 1 amide bonds. The highest BCUT2D eigenvalue weighted by atomic mass is 28.4. The van der Waals surface area contributed by atoms with Gasteiger partial charge in [0.1, 0.15) is 11.2 Å². The Morgan fingerprint density at radius 1 is 0.897 bits per heavy atom. The molecular formula is C22H43NO5Si. The highest BCUT2D eigenvalue weighted by Crippen LogP contribution is 2.63. The second-order valence-electron chi connectivity index (χ2n) is 12.3. The predicted octanol–water partition coefficient (Wildman–Crippen LogP) is 5.27. The molecule has 0 spiro atoms. The van der Waals surface area contributed by atoms with Gasteiger partial charge in [0, 0.05) is 17.9 Å². The molecule has 1 N–H and O–H groups in total. The van der Waals surface area contributed by atoms with Crippen LogP contribution in [0.1, 0.15) is 76.2 Å². The maximum absolute atomic E-state index is 13.3. The van der Waals surface area contributed by atoms with Gasteiger partial charge < -0.3 is 19.2 Å². The molecule has 0 heterocycles. The number of carbonyl (C=O) groups excluding carboxylic acids is 2. The number of rotatable bonds is 5. The predicted molar refractivity (Wildman–Crippen MR) is 118 cm³/mol. The first-order chi connectivity index (χ1) is 12.6. The summed E-state index contributed by atoms with van der Waals surface area (Å²) in [5, 5.41) is 2.92. The molecule has 1 fully saturated rings. The van der Waals surface area contributed by atoms with Crippen molar-refractivity contribution in [2.45, 2.75) is 111 Å². The van der Waals surface area contributed by atoms with E-state index in [2.05, 4.69) is 39.2 Å². The van der Waals surface area contributed by atoms with Crippen LogP contribution in [0.15, 0.2) is 0 Å². The minimum absolute atomic E-state index is 0.0548. The van der Waals surface area contributed by atoms with Gasteiger partial charge in [-0.05, 0) is 59.7 Å². The fraction of sp³-hybridized carbons (Fsp3) is 0.909. The molecule has 1 saturated carbocycles. The summed E-state index contributed by atoms with van der Waals surface area (Å²) in [6, 6.07) is 0. The molecule has 7 heteroatoms. The molecule has 0 aromatic heterocycles. The second-order valence-corrected chi connectivity index (χ2v) is 17.1. The number of esters is 1. The van der Waals surface area contributed by atoms with Crippen LogP contribution in [0.5, 0.6) is 0 Å². The SMILES string of the molecule is CC(C)(C)OC(=O)N[C@@]1(C(=O)OC(C)(C)C)[C@@H](CO[Si](C)(C)C(C)(C)C)C1(C)C. The number of amides is 1. The first-order valence-electron chi connectivity index (χ1n) is 10.5. The first kappa shape index (κ1) is 26.0. The summed E-state index contributed by atoms with van der Waals surface area (Å²) in [7, 11) is -2.01. The third-order valence-electron chi connectivity index (χ3n) is 6.16. The fourth-order valence-electron chi connectivity index (χ4n) is 3.24. The van der Waals surface area contributed by atoms with Crippen LogP contribution in [0.3, 0.4) is 0 Å². The largest absolute Gasteiger partial charge is 0.458 e. The average molecular weight is 430 g/mol. The summed E-state index contributed by atoms with van der Waals surface area (Å²) in [6.45, 7) is 26.1. The van der Waals surface area contributed by atoms with Gasteiger partial charge in [-0.15, -0.1) is 0 Å². The Morgan fingerprint density at radius 3 is 1.72 bits per heavy atom. The lowest BCUT2D eigenvalue weighted by molar-refractivity contribution is -0.160. The Morgan fingerprint density at radius 2 is 1.34 bits per heavy atom. The van der Waals surface area contributed by atoms with Crippen LogP contribution >= 0.6 is 0 Å². The zero-order valence-electron chi connectivity index (χ0n) is 20.8. The Bertz CT molecular complexity index is 637. The Kier molecular flexibility index (Phi) is 6.76. The molecule has 0 aromatic carbocycles. The summed E-state index contributed by atoms with van der Waals surface area (Å²) in [5.41, 5.74) is -3.02. The molecule has 0 aliphatic heterocycles. The van der Waals surface area contributed by atoms with Crippen molar-refractivity contribution < 1.29 is 23.5 Å². The van der Waals surface area contributed by atoms with E-state index in [0.717, 1.165) is 0 Å². The van der Waals surface area contributed by atoms with E-state index in [1.165, 1.54) is 0 Å². The molecule has 170 valence electrons. The van der Waals surface area contributed by atoms with E-state index < -0.39 is 42.5 Å². The monoisotopic (exact) mass is 429 g/mol. The Labute approximate surface area is 178 Å². The summed E-state index contributed by atoms with van der Waals surface area (Å²) in [5.74, 6) is -0.642. The van der Waals surface area contributed by atoms with Crippen LogP contribution in [0.4, 0.5) is 4.79 Å². The van der Waals surface area contributed by atoms with Gasteiger partial charge in [-0.3, -0.25) is 0 Å². The zero-order chi connectivity index (χ0) is 23.3. The summed E-state index contributed by atoms with van der Waals surface area (Å²) in [4.78, 5) is 25.9. The number of nitrogens with one attached hydrogen (secondary N) is 1. The van der Waals surface area contributed by atoms with Crippen molar-refractivity contribution >= 4 is 20.4 Å². The van der Waals surface area contributed by atoms with Crippen LogP contribution in [0, 0.1) is 11.3 Å². The lowest BCUT2D eigenvalue weighted by Crippen LogP contribution is -2.52. The van der Waals surface area contributed by atoms with Crippen molar-refractivity contribution in [2.24, 2.45) is 11.3 Å². The van der Waals surface area contributed by atoms with Crippen molar-refractivity contribution in [3.63, 3.8) is 0 Å². The molecule has 0 unspecified atom stereocenters. The lowest BCUT2D eigenvalue weighted by Gasteiger charge is -2.36. The quantitative estimate of drug-likeness (QED) is 0.476. The van der Waals surface area contributed by atoms with Crippen molar-refractivity contribution in [1.29, 1.82) is 0 Å². The summed E-state index contributed by atoms with van der Waals surface area (Å²) < 4.78 is 17.6. The van der Waals surface area contributed by atoms with Crippen LogP contribution in [0.25, 0.3) is 0 Å². The van der Waals surface area contributed by atoms with Gasteiger partial charge in [-0.25, -0.2) is 9.59 Å². The van der Waals surface area contributed by atoms with Crippen LogP contribution in [-0.4, -0.2) is 43.7 Å². The van der Waals surface area contributed by atoms with Gasteiger partial charge in [-0.1, -0.05) is 34.6 Å². The molecule has 0 saturated heterocycles. The molecule has 1 aliphatic carbocycles. The smallest absolute Gasteiger partial charge is 0.408 e. The van der Waals surface area contributed by atoms with E-state index in [-0.39, 0.29) is 11.0 Å². The van der Waals surface area contributed by atoms with E-state index in [9.17, 15) is 9.59 Å². The van der Waals surface area contributed by atoms with Gasteiger partial charge in [0.15, 0.2) is 13.9 Å². The third kappa shape index (κ3) is 5.75. The van der Waals surface area contributed by atoms with Gasteiger partial charge in [-0.2, -0.15) is 0 Å². The van der Waals surface area contributed by atoms with Crippen molar-refractivity contribution in [3.05, 3.63) is 0 Å². The average Bonchev–Trinajstić information content (AvgIpc) is 2.86. The second kappa shape index (κ2) is 7.56. The number of hydrogen-bond donors (Lipinski definition) is 1. The van der Waals surface area contributed by atoms with Crippen LogP contribution in [0.2, 0.25) is 18.1 Å². The Hall–Kier alpha value is -1.08. The Balaban J connectivity index is 3.17. The first-order valence-corrected chi connectivity index (χ1v) is 13.4. The molecule has 0 bridgehead atoms. The van der Waals surface area contributed by atoms with E-state index >= 15 is 0 Å². The van der Waals surface area contributed by atoms with Gasteiger partial charge in [0.05, 0.1) is 0 Å². The third-order valence-corrected chi connectivity index (χ3v) is 10.7. The normalized spacial score (nSPS) is 24.7. The summed E-state index contributed by atoms with van der Waals surface area (Å²) >= 11 is 0. The zero-order valence-corrected chi connectivity index (χ0v) is 21.8. The number of ether oxygens (including phenoxy) is 2. The lowest BCUT2D eigenvalue weighted by atomic mass is 10.0. The van der Waals surface area contributed by atoms with Crippen molar-refractivity contribution in [2.75, 3.05) is 6.61 Å². The molecule has 0 aromatic rings. The molecule has 1 aliphatic rings. The molecule has 1 rings (SSSR count).